The van der Waals surface area contributed by atoms with Gasteiger partial charge in [-0.25, -0.2) is 4.39 Å². The maximum absolute atomic E-state index is 12.8. The Labute approximate surface area is 125 Å². The Balaban J connectivity index is 2.45. The standard InChI is InChI=1S/C16H16FNO2S/c1-16(2,3)13(19)9-14-18-15(20)12(21-14)8-10-4-6-11(17)7-5-10/h4-9H,1-3H3,(H,18,20)/b12-8-,14-9+. The van der Waals surface area contributed by atoms with Gasteiger partial charge in [0, 0.05) is 11.5 Å². The van der Waals surface area contributed by atoms with Crippen molar-refractivity contribution in [2.24, 2.45) is 5.41 Å². The number of H-pyrrole nitrogens is 1. The lowest BCUT2D eigenvalue weighted by molar-refractivity contribution is -0.119. The SMILES string of the molecule is CC(C)(C)C(=O)/C=c1\[nH]c(=O)/c(=C/c2ccc(F)cc2)s1. The molecule has 2 aromatic rings. The molecule has 0 bridgehead atoms. The van der Waals surface area contributed by atoms with E-state index in [1.165, 1.54) is 29.5 Å². The van der Waals surface area contributed by atoms with E-state index in [0.29, 0.717) is 9.20 Å². The lowest BCUT2D eigenvalue weighted by Crippen LogP contribution is -2.22. The molecule has 0 saturated heterocycles. The summed E-state index contributed by atoms with van der Waals surface area (Å²) in [6.07, 6.45) is 3.12. The Bertz CT molecular complexity index is 823. The molecule has 5 heteroatoms. The van der Waals surface area contributed by atoms with Crippen molar-refractivity contribution in [2.75, 3.05) is 0 Å². The molecule has 1 heterocycles. The molecule has 0 aliphatic heterocycles. The van der Waals surface area contributed by atoms with Gasteiger partial charge in [0.25, 0.3) is 5.56 Å². The lowest BCUT2D eigenvalue weighted by atomic mass is 9.91. The molecule has 0 radical (unpaired) electrons. The van der Waals surface area contributed by atoms with Gasteiger partial charge in [-0.15, -0.1) is 11.3 Å². The molecule has 0 spiro atoms. The van der Waals surface area contributed by atoms with E-state index < -0.39 is 5.41 Å². The summed E-state index contributed by atoms with van der Waals surface area (Å²) < 4.78 is 13.8. The van der Waals surface area contributed by atoms with Gasteiger partial charge in [-0.2, -0.15) is 0 Å². The number of aromatic nitrogens is 1. The lowest BCUT2D eigenvalue weighted by Gasteiger charge is -2.12. The van der Waals surface area contributed by atoms with Crippen LogP contribution in [0.1, 0.15) is 26.3 Å². The quantitative estimate of drug-likeness (QED) is 0.920. The van der Waals surface area contributed by atoms with Crippen LogP contribution in [-0.2, 0) is 4.79 Å². The second-order valence-corrected chi connectivity index (χ2v) is 6.82. The van der Waals surface area contributed by atoms with E-state index in [1.807, 2.05) is 20.8 Å². The maximum atomic E-state index is 12.8. The summed E-state index contributed by atoms with van der Waals surface area (Å²) in [5.74, 6) is -0.370. The average Bonchev–Trinajstić information content (AvgIpc) is 2.71. The first-order valence-corrected chi connectivity index (χ1v) is 7.30. The number of Topliss-reactive ketones (excluding diaryl/α,β-unsaturated/α-hetero) is 1. The molecule has 3 nitrogen and oxygen atoms in total. The van der Waals surface area contributed by atoms with Crippen molar-refractivity contribution in [3.8, 4) is 0 Å². The van der Waals surface area contributed by atoms with Gasteiger partial charge in [0.2, 0.25) is 0 Å². The second kappa shape index (κ2) is 5.77. The van der Waals surface area contributed by atoms with Crippen molar-refractivity contribution in [1.82, 2.24) is 4.98 Å². The largest absolute Gasteiger partial charge is 0.313 e. The van der Waals surface area contributed by atoms with Gasteiger partial charge >= 0.3 is 0 Å². The number of benzene rings is 1. The maximum Gasteiger partial charge on any atom is 0.266 e. The second-order valence-electron chi connectivity index (χ2n) is 5.74. The van der Waals surface area contributed by atoms with Crippen LogP contribution >= 0.6 is 11.3 Å². The third-order valence-electron chi connectivity index (χ3n) is 2.85. The number of aromatic amines is 1. The van der Waals surface area contributed by atoms with E-state index in [2.05, 4.69) is 4.98 Å². The Kier molecular flexibility index (Phi) is 4.23. The average molecular weight is 305 g/mol. The molecule has 0 amide bonds. The molecule has 0 atom stereocenters. The van der Waals surface area contributed by atoms with E-state index in [1.54, 1.807) is 18.2 Å². The molecular weight excluding hydrogens is 289 g/mol. The molecule has 1 aromatic carbocycles. The number of ketones is 1. The monoisotopic (exact) mass is 305 g/mol. The van der Waals surface area contributed by atoms with Gasteiger partial charge < -0.3 is 4.98 Å². The van der Waals surface area contributed by atoms with Crippen molar-refractivity contribution in [3.05, 3.63) is 55.2 Å². The molecule has 1 N–H and O–H groups in total. The Morgan fingerprint density at radius 1 is 1.24 bits per heavy atom. The minimum absolute atomic E-state index is 0.0478. The van der Waals surface area contributed by atoms with Crippen molar-refractivity contribution in [1.29, 1.82) is 0 Å². The Morgan fingerprint density at radius 2 is 1.86 bits per heavy atom. The summed E-state index contributed by atoms with van der Waals surface area (Å²) in [5.41, 5.74) is -0.00318. The molecule has 1 aromatic heterocycles. The molecule has 0 aliphatic rings. The summed E-state index contributed by atoms with van der Waals surface area (Å²) in [7, 11) is 0. The molecule has 0 saturated carbocycles. The molecule has 0 unspecified atom stereocenters. The van der Waals surface area contributed by atoms with E-state index in [9.17, 15) is 14.0 Å². The fraction of sp³-hybridized carbons (Fsp3) is 0.250. The number of rotatable bonds is 2. The van der Waals surface area contributed by atoms with Gasteiger partial charge in [-0.3, -0.25) is 9.59 Å². The highest BCUT2D eigenvalue weighted by Crippen LogP contribution is 2.14. The molecular formula is C16H16FNO2S. The third kappa shape index (κ3) is 3.98. The van der Waals surface area contributed by atoms with Crippen LogP contribution in [0.25, 0.3) is 12.2 Å². The minimum Gasteiger partial charge on any atom is -0.313 e. The van der Waals surface area contributed by atoms with E-state index in [0.717, 1.165) is 5.56 Å². The highest BCUT2D eigenvalue weighted by molar-refractivity contribution is 7.07. The zero-order valence-corrected chi connectivity index (χ0v) is 12.9. The van der Waals surface area contributed by atoms with Crippen LogP contribution in [-0.4, -0.2) is 10.8 Å². The van der Waals surface area contributed by atoms with Crippen LogP contribution in [0.5, 0.6) is 0 Å². The van der Waals surface area contributed by atoms with Gasteiger partial charge in [0.05, 0.1) is 9.20 Å². The molecule has 2 rings (SSSR count). The van der Waals surface area contributed by atoms with Gasteiger partial charge in [0.1, 0.15) is 5.82 Å². The van der Waals surface area contributed by atoms with E-state index >= 15 is 0 Å². The van der Waals surface area contributed by atoms with Crippen molar-refractivity contribution in [2.45, 2.75) is 20.8 Å². The fourth-order valence-corrected chi connectivity index (χ4v) is 2.46. The summed E-state index contributed by atoms with van der Waals surface area (Å²) in [4.78, 5) is 26.4. The highest BCUT2D eigenvalue weighted by atomic mass is 32.1. The summed E-state index contributed by atoms with van der Waals surface area (Å²) in [6, 6.07) is 5.87. The van der Waals surface area contributed by atoms with E-state index in [-0.39, 0.29) is 17.2 Å². The van der Waals surface area contributed by atoms with Gasteiger partial charge in [-0.05, 0) is 23.8 Å². The number of hydrogen-bond donors (Lipinski definition) is 1. The van der Waals surface area contributed by atoms with Crippen LogP contribution in [0.4, 0.5) is 4.39 Å². The molecule has 0 fully saturated rings. The number of thiazole rings is 1. The first-order chi connectivity index (χ1) is 9.75. The van der Waals surface area contributed by atoms with E-state index in [4.69, 9.17) is 0 Å². The number of carbonyl (C=O) groups excluding carboxylic acids is 1. The summed E-state index contributed by atoms with van der Waals surface area (Å²) in [5, 5.41) is 0. The Hall–Kier alpha value is -2.01. The number of hydrogen-bond acceptors (Lipinski definition) is 3. The predicted molar refractivity (Wildman–Crippen MR) is 83.1 cm³/mol. The third-order valence-corrected chi connectivity index (χ3v) is 3.81. The Morgan fingerprint density at radius 3 is 2.43 bits per heavy atom. The van der Waals surface area contributed by atoms with Crippen molar-refractivity contribution in [3.63, 3.8) is 0 Å². The van der Waals surface area contributed by atoms with Crippen molar-refractivity contribution >= 4 is 29.3 Å². The predicted octanol–water partition coefficient (Wildman–Crippen LogP) is 1.80. The zero-order valence-electron chi connectivity index (χ0n) is 12.1. The number of carbonyl (C=O) groups is 1. The number of nitrogens with one attached hydrogen (secondary N) is 1. The van der Waals surface area contributed by atoms with Gasteiger partial charge in [0.15, 0.2) is 5.78 Å². The smallest absolute Gasteiger partial charge is 0.266 e. The van der Waals surface area contributed by atoms with Crippen LogP contribution < -0.4 is 14.8 Å². The first kappa shape index (κ1) is 15.4. The normalized spacial score (nSPS) is 13.7. The topological polar surface area (TPSA) is 49.9 Å². The van der Waals surface area contributed by atoms with Crippen molar-refractivity contribution < 1.29 is 9.18 Å². The van der Waals surface area contributed by atoms with Crippen LogP contribution in [0.2, 0.25) is 0 Å². The summed E-state index contributed by atoms with van der Waals surface area (Å²) >= 11 is 1.21. The number of halogens is 1. The molecule has 0 aliphatic carbocycles. The molecule has 110 valence electrons. The first-order valence-electron chi connectivity index (χ1n) is 6.48. The van der Waals surface area contributed by atoms with Crippen LogP contribution in [0, 0.1) is 11.2 Å². The minimum atomic E-state index is -0.484. The highest BCUT2D eigenvalue weighted by Gasteiger charge is 2.18. The van der Waals surface area contributed by atoms with Crippen LogP contribution in [0.15, 0.2) is 29.1 Å². The molecule has 21 heavy (non-hydrogen) atoms. The van der Waals surface area contributed by atoms with Gasteiger partial charge in [-0.1, -0.05) is 32.9 Å². The van der Waals surface area contributed by atoms with Crippen LogP contribution in [0.3, 0.4) is 0 Å². The summed E-state index contributed by atoms with van der Waals surface area (Å²) in [6.45, 7) is 5.47. The fourth-order valence-electron chi connectivity index (χ4n) is 1.57. The zero-order chi connectivity index (χ0) is 15.6.